The number of hydrogen-bond donors (Lipinski definition) is 0. The quantitative estimate of drug-likeness (QED) is 0.165. The number of hydrogen-bond acceptors (Lipinski definition) is 6. The van der Waals surface area contributed by atoms with E-state index in [4.69, 9.17) is 14.1 Å². The van der Waals surface area contributed by atoms with E-state index in [1.807, 2.05) is 31.2 Å². The highest BCUT2D eigenvalue weighted by Crippen LogP contribution is 2.36. The molecular weight excluding hydrogens is 476 g/mol. The van der Waals surface area contributed by atoms with Gasteiger partial charge in [-0.15, -0.1) is 0 Å². The minimum Gasteiger partial charge on any atom is -0.460 e. The summed E-state index contributed by atoms with van der Waals surface area (Å²) in [5.41, 5.74) is 3.73. The average molecular weight is 503 g/mol. The molecule has 0 aliphatic carbocycles. The molecule has 0 fully saturated rings. The number of fused-ring (bicyclic) bond motifs is 3. The van der Waals surface area contributed by atoms with Crippen molar-refractivity contribution in [2.75, 3.05) is 0 Å². The van der Waals surface area contributed by atoms with Crippen molar-refractivity contribution in [3.05, 3.63) is 91.9 Å². The lowest BCUT2D eigenvalue weighted by Gasteiger charge is -2.17. The van der Waals surface area contributed by atoms with Crippen LogP contribution in [0.3, 0.4) is 0 Å². The van der Waals surface area contributed by atoms with Gasteiger partial charge in [0.05, 0.1) is 33.9 Å². The summed E-state index contributed by atoms with van der Waals surface area (Å²) in [6, 6.07) is 20.5. The maximum Gasteiger partial charge on any atom is 0.200 e. The van der Waals surface area contributed by atoms with E-state index in [0.717, 1.165) is 5.56 Å². The molecule has 0 amide bonds. The third kappa shape index (κ3) is 4.46. The van der Waals surface area contributed by atoms with Gasteiger partial charge >= 0.3 is 0 Å². The van der Waals surface area contributed by atoms with Gasteiger partial charge in [-0.2, -0.15) is 10.5 Å². The zero-order valence-electron chi connectivity index (χ0n) is 21.2. The molecule has 0 aliphatic rings. The van der Waals surface area contributed by atoms with Gasteiger partial charge in [-0.3, -0.25) is 9.59 Å². The molecule has 2 heterocycles. The normalized spacial score (nSPS) is 11.1. The van der Waals surface area contributed by atoms with Gasteiger partial charge in [0.1, 0.15) is 22.5 Å². The summed E-state index contributed by atoms with van der Waals surface area (Å²) in [5, 5.41) is 19.6. The van der Waals surface area contributed by atoms with Crippen molar-refractivity contribution >= 4 is 32.9 Å². The zero-order valence-corrected chi connectivity index (χ0v) is 21.2. The average Bonchev–Trinajstić information content (AvgIpc) is 2.92. The van der Waals surface area contributed by atoms with Crippen LogP contribution in [0.15, 0.2) is 73.0 Å². The fourth-order valence-electron chi connectivity index (χ4n) is 5.15. The second-order valence-corrected chi connectivity index (χ2v) is 9.45. The molecule has 2 aromatic heterocycles. The number of unbranched alkanes of at least 4 members (excludes halogenated alkanes) is 3. The largest absolute Gasteiger partial charge is 0.460 e. The summed E-state index contributed by atoms with van der Waals surface area (Å²) in [4.78, 5) is 27.5. The van der Waals surface area contributed by atoms with Crippen LogP contribution in [-0.2, 0) is 12.8 Å². The Balaban J connectivity index is 1.85. The molecule has 0 aliphatic heterocycles. The molecule has 0 saturated heterocycles. The summed E-state index contributed by atoms with van der Waals surface area (Å²) < 4.78 is 12.7. The molecule has 0 N–H and O–H groups in total. The SMILES string of the molecule is Cc1cc(-c2c(CCCCC#N)oc3ccccc3c2=O)c(CCCC#N)c2oc3ccccc3c(=O)c12. The Morgan fingerprint density at radius 2 is 1.39 bits per heavy atom. The molecule has 0 saturated carbocycles. The Morgan fingerprint density at radius 3 is 2.11 bits per heavy atom. The van der Waals surface area contributed by atoms with Crippen molar-refractivity contribution in [1.29, 1.82) is 10.5 Å². The fourth-order valence-corrected chi connectivity index (χ4v) is 5.15. The molecule has 3 aromatic carbocycles. The number of para-hydroxylation sites is 2. The van der Waals surface area contributed by atoms with Crippen LogP contribution in [0.25, 0.3) is 44.0 Å². The smallest absolute Gasteiger partial charge is 0.200 e. The van der Waals surface area contributed by atoms with Crippen LogP contribution < -0.4 is 10.9 Å². The molecule has 0 radical (unpaired) electrons. The van der Waals surface area contributed by atoms with Gasteiger partial charge in [0.2, 0.25) is 10.9 Å². The molecule has 5 rings (SSSR count). The number of nitriles is 2. The predicted octanol–water partition coefficient (Wildman–Crippen LogP) is 7.11. The summed E-state index contributed by atoms with van der Waals surface area (Å²) in [6.07, 6.45) is 3.65. The van der Waals surface area contributed by atoms with Gasteiger partial charge in [-0.1, -0.05) is 24.3 Å². The Hall–Kier alpha value is -4.68. The topological polar surface area (TPSA) is 108 Å². The van der Waals surface area contributed by atoms with Gasteiger partial charge in [-0.05, 0) is 74.1 Å². The van der Waals surface area contributed by atoms with Crippen molar-refractivity contribution in [2.45, 2.75) is 51.9 Å². The van der Waals surface area contributed by atoms with Crippen molar-refractivity contribution in [3.8, 4) is 23.3 Å². The van der Waals surface area contributed by atoms with Crippen LogP contribution >= 0.6 is 0 Å². The first-order valence-corrected chi connectivity index (χ1v) is 12.8. The standard InChI is InChI=1S/C32H26N2O4/c1-20-19-24(29-27(16-3-2-9-17-33)37-25-14-6-4-12-22(25)31(29)36)21(11-8-10-18-34)32-28(20)30(35)23-13-5-7-15-26(23)38-32/h4-7,12-15,19H,2-3,8-11,16H2,1H3. The third-order valence-electron chi connectivity index (χ3n) is 6.95. The van der Waals surface area contributed by atoms with Crippen LogP contribution in [0.4, 0.5) is 0 Å². The summed E-state index contributed by atoms with van der Waals surface area (Å²) in [5.74, 6) is 0.551. The third-order valence-corrected chi connectivity index (χ3v) is 6.95. The van der Waals surface area contributed by atoms with E-state index in [1.54, 1.807) is 30.3 Å². The highest BCUT2D eigenvalue weighted by molar-refractivity contribution is 5.97. The van der Waals surface area contributed by atoms with Crippen LogP contribution in [0.5, 0.6) is 0 Å². The summed E-state index contributed by atoms with van der Waals surface area (Å²) in [6.45, 7) is 1.85. The van der Waals surface area contributed by atoms with Gasteiger partial charge < -0.3 is 8.83 Å². The monoisotopic (exact) mass is 502 g/mol. The van der Waals surface area contributed by atoms with Gasteiger partial charge in [-0.25, -0.2) is 0 Å². The number of nitrogens with zero attached hydrogens (tertiary/aromatic N) is 2. The minimum absolute atomic E-state index is 0.116. The molecule has 0 spiro atoms. The lowest BCUT2D eigenvalue weighted by molar-refractivity contribution is 0.524. The van der Waals surface area contributed by atoms with Crippen molar-refractivity contribution in [3.63, 3.8) is 0 Å². The maximum absolute atomic E-state index is 14.0. The van der Waals surface area contributed by atoms with Crippen LogP contribution in [0.1, 0.15) is 49.0 Å². The number of benzene rings is 3. The first kappa shape index (κ1) is 25.0. The highest BCUT2D eigenvalue weighted by atomic mass is 16.3. The molecule has 5 aromatic rings. The van der Waals surface area contributed by atoms with E-state index < -0.39 is 0 Å². The molecular formula is C32H26N2O4. The first-order chi connectivity index (χ1) is 18.5. The predicted molar refractivity (Wildman–Crippen MR) is 148 cm³/mol. The molecule has 38 heavy (non-hydrogen) atoms. The van der Waals surface area contributed by atoms with Gasteiger partial charge in [0.25, 0.3) is 0 Å². The van der Waals surface area contributed by atoms with E-state index in [0.29, 0.717) is 100 Å². The summed E-state index contributed by atoms with van der Waals surface area (Å²) >= 11 is 0. The fraction of sp³-hybridized carbons (Fsp3) is 0.250. The Kier molecular flexibility index (Phi) is 7.07. The Bertz CT molecular complexity index is 1880. The Morgan fingerprint density at radius 1 is 0.763 bits per heavy atom. The molecule has 0 unspecified atom stereocenters. The lowest BCUT2D eigenvalue weighted by atomic mass is 9.89. The highest BCUT2D eigenvalue weighted by Gasteiger charge is 2.23. The number of aryl methyl sites for hydroxylation is 3. The van der Waals surface area contributed by atoms with Crippen LogP contribution in [0.2, 0.25) is 0 Å². The molecule has 6 nitrogen and oxygen atoms in total. The van der Waals surface area contributed by atoms with Crippen molar-refractivity contribution in [1.82, 2.24) is 0 Å². The molecule has 0 atom stereocenters. The first-order valence-electron chi connectivity index (χ1n) is 12.8. The molecule has 0 bridgehead atoms. The summed E-state index contributed by atoms with van der Waals surface area (Å²) in [7, 11) is 0. The van der Waals surface area contributed by atoms with E-state index >= 15 is 0 Å². The van der Waals surface area contributed by atoms with Crippen LogP contribution in [-0.4, -0.2) is 0 Å². The van der Waals surface area contributed by atoms with Crippen molar-refractivity contribution < 1.29 is 8.83 Å². The van der Waals surface area contributed by atoms with Crippen LogP contribution in [0, 0.1) is 29.6 Å². The second-order valence-electron chi connectivity index (χ2n) is 9.45. The van der Waals surface area contributed by atoms with E-state index in [9.17, 15) is 14.9 Å². The molecule has 188 valence electrons. The molecule has 6 heteroatoms. The van der Waals surface area contributed by atoms with Crippen molar-refractivity contribution in [2.24, 2.45) is 0 Å². The van der Waals surface area contributed by atoms with Gasteiger partial charge in [0.15, 0.2) is 0 Å². The minimum atomic E-state index is -0.148. The Labute approximate surface area is 219 Å². The zero-order chi connectivity index (χ0) is 26.6. The van der Waals surface area contributed by atoms with E-state index in [-0.39, 0.29) is 10.9 Å². The van der Waals surface area contributed by atoms with Gasteiger partial charge in [0, 0.05) is 24.8 Å². The van der Waals surface area contributed by atoms with E-state index in [2.05, 4.69) is 12.1 Å². The van der Waals surface area contributed by atoms with E-state index in [1.165, 1.54) is 0 Å². The maximum atomic E-state index is 14.0. The lowest BCUT2D eigenvalue weighted by Crippen LogP contribution is -2.13. The second kappa shape index (κ2) is 10.7. The number of rotatable bonds is 8.